The van der Waals surface area contributed by atoms with Crippen LogP contribution in [0.2, 0.25) is 0 Å². The molecule has 1 aromatic rings. The van der Waals surface area contributed by atoms with Gasteiger partial charge in [-0.05, 0) is 0 Å². The lowest BCUT2D eigenvalue weighted by Gasteiger charge is -2.38. The molecule has 1 N–H and O–H groups in total. The van der Waals surface area contributed by atoms with Crippen molar-refractivity contribution < 1.29 is 32.5 Å². The lowest BCUT2D eigenvalue weighted by Crippen LogP contribution is -2.57. The molecule has 2 atom stereocenters. The van der Waals surface area contributed by atoms with Crippen LogP contribution < -0.4 is 0 Å². The minimum absolute atomic E-state index is 0.321. The maximum atomic E-state index is 13.8. The molecule has 136 valence electrons. The fourth-order valence-electron chi connectivity index (χ4n) is 2.77. The number of aromatic nitrogens is 2. The summed E-state index contributed by atoms with van der Waals surface area (Å²) in [7, 11) is 2.31. The van der Waals surface area contributed by atoms with Gasteiger partial charge in [0.15, 0.2) is 5.82 Å². The van der Waals surface area contributed by atoms with E-state index in [4.69, 9.17) is 4.74 Å². The second kappa shape index (κ2) is 7.08. The first-order valence-corrected chi connectivity index (χ1v) is 7.36. The molecule has 1 aliphatic rings. The first kappa shape index (κ1) is 18.7. The minimum Gasteiger partial charge on any atom is -0.469 e. The highest BCUT2D eigenvalue weighted by Crippen LogP contribution is 2.44. The number of halogens is 3. The Morgan fingerprint density at radius 3 is 2.54 bits per heavy atom. The van der Waals surface area contributed by atoms with Crippen molar-refractivity contribution in [1.29, 1.82) is 0 Å². The third kappa shape index (κ3) is 3.40. The van der Waals surface area contributed by atoms with Gasteiger partial charge in [0.1, 0.15) is 5.92 Å². The van der Waals surface area contributed by atoms with Crippen LogP contribution in [0.1, 0.15) is 5.82 Å². The molecule has 24 heavy (non-hydrogen) atoms. The zero-order valence-electron chi connectivity index (χ0n) is 13.4. The number of hydrogen-bond acceptors (Lipinski definition) is 6. The van der Waals surface area contributed by atoms with Crippen molar-refractivity contribution in [3.8, 4) is 0 Å². The molecule has 0 radical (unpaired) electrons. The summed E-state index contributed by atoms with van der Waals surface area (Å²) in [4.78, 5) is 17.4. The molecule has 2 unspecified atom stereocenters. The molecule has 10 heteroatoms. The van der Waals surface area contributed by atoms with Crippen LogP contribution in [0, 0.1) is 5.92 Å². The van der Waals surface area contributed by atoms with Crippen molar-refractivity contribution in [3.05, 3.63) is 18.2 Å². The molecule has 0 amide bonds. The maximum Gasteiger partial charge on any atom is 0.425 e. The number of aryl methyl sites for hydroxylation is 1. The Kier molecular flexibility index (Phi) is 5.51. The Morgan fingerprint density at radius 1 is 1.46 bits per heavy atom. The van der Waals surface area contributed by atoms with Gasteiger partial charge < -0.3 is 19.1 Å². The van der Waals surface area contributed by atoms with Gasteiger partial charge in [-0.1, -0.05) is 0 Å². The van der Waals surface area contributed by atoms with Crippen LogP contribution in [0.15, 0.2) is 12.4 Å². The fraction of sp³-hybridized carbons (Fsp3) is 0.714. The van der Waals surface area contributed by atoms with Gasteiger partial charge in [0.05, 0.1) is 20.3 Å². The van der Waals surface area contributed by atoms with Gasteiger partial charge in [-0.3, -0.25) is 9.69 Å². The summed E-state index contributed by atoms with van der Waals surface area (Å²) in [6, 6.07) is 0. The van der Waals surface area contributed by atoms with E-state index < -0.39 is 29.5 Å². The van der Waals surface area contributed by atoms with Crippen LogP contribution in [-0.2, 0) is 26.9 Å². The highest BCUT2D eigenvalue weighted by molar-refractivity contribution is 5.74. The van der Waals surface area contributed by atoms with Crippen molar-refractivity contribution in [1.82, 2.24) is 14.5 Å². The number of esters is 1. The smallest absolute Gasteiger partial charge is 0.425 e. The van der Waals surface area contributed by atoms with Crippen LogP contribution in [0.25, 0.3) is 0 Å². The summed E-state index contributed by atoms with van der Waals surface area (Å²) in [6.07, 6.45) is -2.71. The Hall–Kier alpha value is -1.65. The first-order chi connectivity index (χ1) is 11.2. The molecule has 2 heterocycles. The van der Waals surface area contributed by atoms with E-state index in [9.17, 15) is 23.1 Å². The summed E-state index contributed by atoms with van der Waals surface area (Å²) in [5.74, 6) is -3.68. The van der Waals surface area contributed by atoms with E-state index in [1.165, 1.54) is 13.2 Å². The highest BCUT2D eigenvalue weighted by atomic mass is 19.4. The van der Waals surface area contributed by atoms with Crippen LogP contribution in [0.4, 0.5) is 13.2 Å². The van der Waals surface area contributed by atoms with Crippen molar-refractivity contribution in [2.24, 2.45) is 13.0 Å². The third-order valence-corrected chi connectivity index (χ3v) is 4.13. The fourth-order valence-corrected chi connectivity index (χ4v) is 2.77. The normalized spacial score (nSPS) is 20.4. The average Bonchev–Trinajstić information content (AvgIpc) is 2.97. The van der Waals surface area contributed by atoms with Gasteiger partial charge in [0, 0.05) is 39.1 Å². The number of carbonyl (C=O) groups is 1. The Balaban J connectivity index is 2.45. The zero-order chi connectivity index (χ0) is 18.0. The largest absolute Gasteiger partial charge is 0.469 e. The molecule has 7 nitrogen and oxygen atoms in total. The number of ether oxygens (including phenoxy) is 2. The Bertz CT molecular complexity index is 572. The molecular formula is C14H20F3N3O4. The number of alkyl halides is 3. The lowest BCUT2D eigenvalue weighted by atomic mass is 9.84. The van der Waals surface area contributed by atoms with E-state index in [2.05, 4.69) is 9.72 Å². The number of rotatable bonds is 5. The maximum absolute atomic E-state index is 13.8. The van der Waals surface area contributed by atoms with Gasteiger partial charge in [0.2, 0.25) is 5.60 Å². The third-order valence-electron chi connectivity index (χ3n) is 4.13. The molecule has 0 aliphatic carbocycles. The van der Waals surface area contributed by atoms with E-state index in [0.717, 1.165) is 17.9 Å². The molecule has 0 saturated carbocycles. The molecule has 0 bridgehead atoms. The molecule has 1 saturated heterocycles. The summed E-state index contributed by atoms with van der Waals surface area (Å²) in [5.41, 5.74) is -3.46. The standard InChI is InChI=1S/C14H20F3N3O4/c1-19-4-3-18-12(19)13(22,14(15,16)17)10(11(21)23-2)9-20-5-7-24-8-6-20/h3-4,10,22H,5-9H2,1-2H3. The second-order valence-electron chi connectivity index (χ2n) is 5.61. The quantitative estimate of drug-likeness (QED) is 0.769. The molecule has 1 fully saturated rings. The summed E-state index contributed by atoms with van der Waals surface area (Å²) < 4.78 is 52.1. The molecule has 0 aromatic carbocycles. The van der Waals surface area contributed by atoms with Crippen molar-refractivity contribution in [2.75, 3.05) is 40.0 Å². The van der Waals surface area contributed by atoms with Gasteiger partial charge in [-0.15, -0.1) is 0 Å². The van der Waals surface area contributed by atoms with E-state index in [1.54, 1.807) is 4.90 Å². The molecule has 1 aromatic heterocycles. The summed E-state index contributed by atoms with van der Waals surface area (Å²) in [6.45, 7) is 1.10. The van der Waals surface area contributed by atoms with E-state index in [1.807, 2.05) is 0 Å². The van der Waals surface area contributed by atoms with E-state index in [0.29, 0.717) is 26.3 Å². The molecule has 0 spiro atoms. The van der Waals surface area contributed by atoms with Crippen LogP contribution in [0.3, 0.4) is 0 Å². The number of methoxy groups -OCH3 is 1. The van der Waals surface area contributed by atoms with E-state index >= 15 is 0 Å². The number of carbonyl (C=O) groups excluding carboxylic acids is 1. The molecule has 1 aliphatic heterocycles. The van der Waals surface area contributed by atoms with Crippen molar-refractivity contribution in [2.45, 2.75) is 11.8 Å². The van der Waals surface area contributed by atoms with Gasteiger partial charge >= 0.3 is 12.1 Å². The summed E-state index contributed by atoms with van der Waals surface area (Å²) >= 11 is 0. The van der Waals surface area contributed by atoms with Gasteiger partial charge in [-0.2, -0.15) is 13.2 Å². The van der Waals surface area contributed by atoms with Gasteiger partial charge in [0.25, 0.3) is 0 Å². The second-order valence-corrected chi connectivity index (χ2v) is 5.61. The van der Waals surface area contributed by atoms with Crippen molar-refractivity contribution >= 4 is 5.97 Å². The van der Waals surface area contributed by atoms with Crippen LogP contribution in [-0.4, -0.2) is 71.7 Å². The van der Waals surface area contributed by atoms with Gasteiger partial charge in [-0.25, -0.2) is 4.98 Å². The minimum atomic E-state index is -5.11. The van der Waals surface area contributed by atoms with Crippen LogP contribution >= 0.6 is 0 Å². The highest BCUT2D eigenvalue weighted by Gasteiger charge is 2.64. The number of nitrogens with zero attached hydrogens (tertiary/aromatic N) is 3. The SMILES string of the molecule is COC(=O)C(CN1CCOCC1)C(O)(c1nccn1C)C(F)(F)F. The Labute approximate surface area is 137 Å². The number of morpholine rings is 1. The zero-order valence-corrected chi connectivity index (χ0v) is 13.4. The monoisotopic (exact) mass is 351 g/mol. The molecular weight excluding hydrogens is 331 g/mol. The lowest BCUT2D eigenvalue weighted by molar-refractivity contribution is -0.291. The Morgan fingerprint density at radius 2 is 2.08 bits per heavy atom. The van der Waals surface area contributed by atoms with E-state index in [-0.39, 0.29) is 6.54 Å². The number of imidazole rings is 1. The topological polar surface area (TPSA) is 76.8 Å². The van der Waals surface area contributed by atoms with Crippen LogP contribution in [0.5, 0.6) is 0 Å². The average molecular weight is 351 g/mol. The number of aliphatic hydroxyl groups is 1. The summed E-state index contributed by atoms with van der Waals surface area (Å²) in [5, 5.41) is 10.6. The number of hydrogen-bond donors (Lipinski definition) is 1. The predicted molar refractivity (Wildman–Crippen MR) is 75.9 cm³/mol. The first-order valence-electron chi connectivity index (χ1n) is 7.36. The molecule has 2 rings (SSSR count). The predicted octanol–water partition coefficient (Wildman–Crippen LogP) is 0.291. The van der Waals surface area contributed by atoms with Crippen molar-refractivity contribution in [3.63, 3.8) is 0 Å².